The predicted molar refractivity (Wildman–Crippen MR) is 122 cm³/mol. The van der Waals surface area contributed by atoms with Crippen molar-refractivity contribution in [1.82, 2.24) is 0 Å². The second-order valence-corrected chi connectivity index (χ2v) is 11.5. The van der Waals surface area contributed by atoms with Gasteiger partial charge in [-0.15, -0.1) is 0 Å². The van der Waals surface area contributed by atoms with Gasteiger partial charge in [0.25, 0.3) is 0 Å². The number of allylic oxidation sites excluding steroid dienone is 4. The van der Waals surface area contributed by atoms with Crippen LogP contribution in [-0.2, 0) is 14.4 Å². The Balaban J connectivity index is 1.67. The lowest BCUT2D eigenvalue weighted by Gasteiger charge is -2.61. The van der Waals surface area contributed by atoms with Gasteiger partial charge < -0.3 is 10.2 Å². The highest BCUT2D eigenvalue weighted by atomic mass is 16.4. The van der Waals surface area contributed by atoms with Crippen LogP contribution in [0.4, 0.5) is 0 Å². The SMILES string of the molecule is CC(=O)[C@@]1(CCCCC(=O)O)CC[C@H]2[C@@H]3CC(C)C4=CC(=O)C=C[C@]4(C)[C@H]3C(O)C[C@@]21C. The smallest absolute Gasteiger partial charge is 0.303 e. The monoisotopic (exact) mass is 442 g/mol. The highest BCUT2D eigenvalue weighted by Crippen LogP contribution is 2.71. The molecule has 0 radical (unpaired) electrons. The van der Waals surface area contributed by atoms with E-state index in [1.54, 1.807) is 19.1 Å². The molecule has 3 fully saturated rings. The normalized spacial score (nSPS) is 45.0. The molecular weight excluding hydrogens is 404 g/mol. The Labute approximate surface area is 191 Å². The van der Waals surface area contributed by atoms with E-state index in [1.165, 1.54) is 0 Å². The van der Waals surface area contributed by atoms with Crippen molar-refractivity contribution in [3.8, 4) is 0 Å². The van der Waals surface area contributed by atoms with Gasteiger partial charge in [0.05, 0.1) is 6.10 Å². The van der Waals surface area contributed by atoms with Crippen molar-refractivity contribution in [3.05, 3.63) is 23.8 Å². The molecule has 0 aromatic rings. The molecule has 4 aliphatic rings. The first-order chi connectivity index (χ1) is 15.0. The molecule has 0 bridgehead atoms. The molecule has 2 N–H and O–H groups in total. The minimum absolute atomic E-state index is 0.0377. The van der Waals surface area contributed by atoms with Gasteiger partial charge in [-0.1, -0.05) is 38.8 Å². The second-order valence-electron chi connectivity index (χ2n) is 11.5. The van der Waals surface area contributed by atoms with E-state index < -0.39 is 17.5 Å². The summed E-state index contributed by atoms with van der Waals surface area (Å²) in [5, 5.41) is 20.6. The lowest BCUT2D eigenvalue weighted by molar-refractivity contribution is -0.158. The van der Waals surface area contributed by atoms with Crippen LogP contribution >= 0.6 is 0 Å². The van der Waals surface area contributed by atoms with Crippen LogP contribution in [0.15, 0.2) is 23.8 Å². The number of fused-ring (bicyclic) bond motifs is 5. The number of unbranched alkanes of at least 4 members (excludes halogenated alkanes) is 1. The largest absolute Gasteiger partial charge is 0.481 e. The molecule has 4 rings (SSSR count). The summed E-state index contributed by atoms with van der Waals surface area (Å²) in [6, 6.07) is 0. The third-order valence-corrected chi connectivity index (χ3v) is 10.1. The Kier molecular flexibility index (Phi) is 5.80. The van der Waals surface area contributed by atoms with Gasteiger partial charge in [-0.2, -0.15) is 0 Å². The van der Waals surface area contributed by atoms with Crippen molar-refractivity contribution < 1.29 is 24.6 Å². The second kappa shape index (κ2) is 7.93. The third-order valence-electron chi connectivity index (χ3n) is 10.1. The molecule has 0 aromatic heterocycles. The topological polar surface area (TPSA) is 91.7 Å². The Bertz CT molecular complexity index is 886. The minimum Gasteiger partial charge on any atom is -0.481 e. The van der Waals surface area contributed by atoms with Crippen LogP contribution in [0.3, 0.4) is 0 Å². The maximum absolute atomic E-state index is 13.2. The van der Waals surface area contributed by atoms with Crippen LogP contribution in [-0.4, -0.2) is 33.9 Å². The molecule has 4 aliphatic carbocycles. The molecule has 176 valence electrons. The number of rotatable bonds is 6. The van der Waals surface area contributed by atoms with Crippen molar-refractivity contribution in [1.29, 1.82) is 0 Å². The first-order valence-electron chi connectivity index (χ1n) is 12.3. The van der Waals surface area contributed by atoms with E-state index in [-0.39, 0.29) is 40.7 Å². The van der Waals surface area contributed by atoms with Crippen molar-refractivity contribution in [2.24, 2.45) is 39.9 Å². The summed E-state index contributed by atoms with van der Waals surface area (Å²) >= 11 is 0. The van der Waals surface area contributed by atoms with Gasteiger partial charge in [0, 0.05) is 23.2 Å². The molecular formula is C27H38O5. The number of aliphatic hydroxyl groups is 1. The summed E-state index contributed by atoms with van der Waals surface area (Å²) in [7, 11) is 0. The van der Waals surface area contributed by atoms with Gasteiger partial charge in [0.15, 0.2) is 5.78 Å². The van der Waals surface area contributed by atoms with E-state index in [4.69, 9.17) is 5.11 Å². The first kappa shape index (κ1) is 23.4. The molecule has 8 atom stereocenters. The van der Waals surface area contributed by atoms with Gasteiger partial charge in [-0.05, 0) is 80.8 Å². The van der Waals surface area contributed by atoms with Gasteiger partial charge in [-0.25, -0.2) is 0 Å². The predicted octanol–water partition coefficient (Wildman–Crippen LogP) is 4.73. The van der Waals surface area contributed by atoms with E-state index in [2.05, 4.69) is 20.8 Å². The van der Waals surface area contributed by atoms with E-state index in [9.17, 15) is 19.5 Å². The molecule has 0 spiro atoms. The van der Waals surface area contributed by atoms with Gasteiger partial charge in [-0.3, -0.25) is 14.4 Å². The summed E-state index contributed by atoms with van der Waals surface area (Å²) < 4.78 is 0. The zero-order valence-corrected chi connectivity index (χ0v) is 19.9. The number of hydrogen-bond acceptors (Lipinski definition) is 4. The molecule has 0 amide bonds. The van der Waals surface area contributed by atoms with Gasteiger partial charge >= 0.3 is 5.97 Å². The summed E-state index contributed by atoms with van der Waals surface area (Å²) in [4.78, 5) is 36.2. The van der Waals surface area contributed by atoms with Crippen molar-refractivity contribution in [2.75, 3.05) is 0 Å². The quantitative estimate of drug-likeness (QED) is 0.580. The molecule has 0 aromatic carbocycles. The molecule has 0 saturated heterocycles. The average molecular weight is 443 g/mol. The van der Waals surface area contributed by atoms with Crippen LogP contribution < -0.4 is 0 Å². The molecule has 0 heterocycles. The molecule has 3 saturated carbocycles. The van der Waals surface area contributed by atoms with Crippen molar-refractivity contribution >= 4 is 17.5 Å². The summed E-state index contributed by atoms with van der Waals surface area (Å²) in [5.41, 5.74) is 0.0628. The summed E-state index contributed by atoms with van der Waals surface area (Å²) in [6.07, 6.45) is 10.5. The Morgan fingerprint density at radius 3 is 2.59 bits per heavy atom. The Morgan fingerprint density at radius 1 is 1.22 bits per heavy atom. The van der Waals surface area contributed by atoms with Crippen molar-refractivity contribution in [3.63, 3.8) is 0 Å². The summed E-state index contributed by atoms with van der Waals surface area (Å²) in [6.45, 7) is 8.30. The van der Waals surface area contributed by atoms with E-state index in [0.29, 0.717) is 31.1 Å². The lowest BCUT2D eigenvalue weighted by Crippen LogP contribution is -2.59. The van der Waals surface area contributed by atoms with Crippen LogP contribution in [0.1, 0.15) is 79.1 Å². The van der Waals surface area contributed by atoms with E-state index in [1.807, 2.05) is 6.08 Å². The summed E-state index contributed by atoms with van der Waals surface area (Å²) in [5.74, 6) is 0.429. The molecule has 2 unspecified atom stereocenters. The molecule has 32 heavy (non-hydrogen) atoms. The average Bonchev–Trinajstić information content (AvgIpc) is 2.99. The number of Topliss-reactive ketones (excluding diaryl/α,β-unsaturated/α-hetero) is 1. The standard InChI is InChI=1S/C27H38O5/c1-16-13-19-20-9-12-27(17(2)28,10-6-5-7-23(31)32)26(20,4)15-22(30)24(19)25(3)11-8-18(29)14-21(16)25/h8,11,14,16,19-20,22,24,30H,5-7,9-10,12-13,15H2,1-4H3,(H,31,32)/t16?,19-,20-,22?,24+,25-,26-,27+/m0/s1. The number of aliphatic hydroxyl groups excluding tert-OH is 1. The van der Waals surface area contributed by atoms with Gasteiger partial charge in [0.2, 0.25) is 0 Å². The fraction of sp³-hybridized carbons (Fsp3) is 0.741. The zero-order valence-electron chi connectivity index (χ0n) is 19.9. The number of carboxylic acid groups (broad SMARTS) is 1. The van der Waals surface area contributed by atoms with Crippen molar-refractivity contribution in [2.45, 2.75) is 85.2 Å². The fourth-order valence-electron chi connectivity index (χ4n) is 8.73. The number of hydrogen-bond donors (Lipinski definition) is 2. The maximum Gasteiger partial charge on any atom is 0.303 e. The minimum atomic E-state index is -0.791. The zero-order chi connectivity index (χ0) is 23.5. The first-order valence-corrected chi connectivity index (χ1v) is 12.3. The van der Waals surface area contributed by atoms with E-state index in [0.717, 1.165) is 31.3 Å². The van der Waals surface area contributed by atoms with Crippen LogP contribution in [0.25, 0.3) is 0 Å². The molecule has 5 nitrogen and oxygen atoms in total. The van der Waals surface area contributed by atoms with Gasteiger partial charge in [0.1, 0.15) is 5.78 Å². The number of carbonyl (C=O) groups excluding carboxylic acids is 2. The third kappa shape index (κ3) is 3.26. The lowest BCUT2D eigenvalue weighted by atomic mass is 9.43. The highest BCUT2D eigenvalue weighted by Gasteiger charge is 2.67. The number of aliphatic carboxylic acids is 1. The number of carbonyl (C=O) groups is 3. The Morgan fingerprint density at radius 2 is 1.94 bits per heavy atom. The number of carboxylic acids is 1. The van der Waals surface area contributed by atoms with Crippen LogP contribution in [0.5, 0.6) is 0 Å². The number of ketones is 2. The van der Waals surface area contributed by atoms with Crippen LogP contribution in [0.2, 0.25) is 0 Å². The molecule has 5 heteroatoms. The fourth-order valence-corrected chi connectivity index (χ4v) is 8.73. The van der Waals surface area contributed by atoms with E-state index >= 15 is 0 Å². The molecule has 0 aliphatic heterocycles. The maximum atomic E-state index is 13.2. The highest BCUT2D eigenvalue weighted by molar-refractivity contribution is 6.01. The van der Waals surface area contributed by atoms with Crippen LogP contribution in [0, 0.1) is 39.9 Å². The Hall–Kier alpha value is -1.75.